The van der Waals surface area contributed by atoms with Crippen molar-refractivity contribution in [1.29, 1.82) is 0 Å². The number of rotatable bonds is 3. The average Bonchev–Trinajstić information content (AvgIpc) is 2.85. The Hall–Kier alpha value is -1.32. The van der Waals surface area contributed by atoms with Crippen LogP contribution >= 0.6 is 11.6 Å². The van der Waals surface area contributed by atoms with Crippen molar-refractivity contribution in [1.82, 2.24) is 9.78 Å². The van der Waals surface area contributed by atoms with Gasteiger partial charge < -0.3 is 5.73 Å². The highest BCUT2D eigenvalue weighted by molar-refractivity contribution is 6.32. The molecule has 3 nitrogen and oxygen atoms in total. The molecule has 0 bridgehead atoms. The Bertz CT molecular complexity index is 577. The fourth-order valence-corrected chi connectivity index (χ4v) is 3.20. The van der Waals surface area contributed by atoms with Crippen LogP contribution in [-0.2, 0) is 6.42 Å². The summed E-state index contributed by atoms with van der Waals surface area (Å²) in [5.41, 5.74) is 9.34. The maximum absolute atomic E-state index is 6.27. The zero-order chi connectivity index (χ0) is 13.2. The third kappa shape index (κ3) is 2.28. The highest BCUT2D eigenvalue weighted by atomic mass is 35.5. The van der Waals surface area contributed by atoms with Crippen molar-refractivity contribution in [3.8, 4) is 5.69 Å². The number of hydrogen-bond acceptors (Lipinski definition) is 2. The lowest BCUT2D eigenvalue weighted by atomic mass is 9.85. The van der Waals surface area contributed by atoms with Gasteiger partial charge in [0.05, 0.1) is 16.9 Å². The van der Waals surface area contributed by atoms with Crippen LogP contribution in [0.4, 0.5) is 0 Å². The summed E-state index contributed by atoms with van der Waals surface area (Å²) in [6.45, 7) is 0.737. The fourth-order valence-electron chi connectivity index (χ4n) is 2.98. The molecule has 2 aromatic rings. The summed E-state index contributed by atoms with van der Waals surface area (Å²) in [6, 6.07) is 7.86. The summed E-state index contributed by atoms with van der Waals surface area (Å²) < 4.78 is 2.00. The second kappa shape index (κ2) is 5.35. The first-order valence-corrected chi connectivity index (χ1v) is 7.21. The van der Waals surface area contributed by atoms with Gasteiger partial charge in [-0.15, -0.1) is 0 Å². The van der Waals surface area contributed by atoms with Crippen LogP contribution in [-0.4, -0.2) is 16.3 Å². The Morgan fingerprint density at radius 2 is 2.21 bits per heavy atom. The third-order valence-corrected chi connectivity index (χ3v) is 4.22. The number of nitrogens with two attached hydrogens (primary N) is 1. The Kier molecular flexibility index (Phi) is 3.58. The minimum absolute atomic E-state index is 0.560. The van der Waals surface area contributed by atoms with Crippen molar-refractivity contribution >= 4 is 11.6 Å². The van der Waals surface area contributed by atoms with Crippen LogP contribution in [0.2, 0.25) is 5.02 Å². The fraction of sp³-hybridized carbons (Fsp3) is 0.400. The van der Waals surface area contributed by atoms with Crippen molar-refractivity contribution in [2.24, 2.45) is 5.73 Å². The molecule has 1 unspecified atom stereocenters. The van der Waals surface area contributed by atoms with Gasteiger partial charge in [-0.3, -0.25) is 0 Å². The summed E-state index contributed by atoms with van der Waals surface area (Å²) >= 11 is 6.27. The molecule has 1 aliphatic carbocycles. The van der Waals surface area contributed by atoms with E-state index in [1.54, 1.807) is 0 Å². The molecule has 1 aromatic heterocycles. The van der Waals surface area contributed by atoms with Crippen molar-refractivity contribution in [2.45, 2.75) is 31.6 Å². The normalized spacial score (nSPS) is 18.3. The van der Waals surface area contributed by atoms with E-state index < -0.39 is 0 Å². The molecule has 0 aliphatic heterocycles. The number of fused-ring (bicyclic) bond motifs is 1. The van der Waals surface area contributed by atoms with E-state index >= 15 is 0 Å². The number of nitrogens with zero attached hydrogens (tertiary/aromatic N) is 2. The third-order valence-electron chi connectivity index (χ3n) is 3.90. The molecule has 0 saturated carbocycles. The molecule has 100 valence electrons. The summed E-state index contributed by atoms with van der Waals surface area (Å²) in [5.74, 6) is 0.560. The molecule has 19 heavy (non-hydrogen) atoms. The first-order valence-electron chi connectivity index (χ1n) is 6.83. The van der Waals surface area contributed by atoms with Crippen LogP contribution in [0.5, 0.6) is 0 Å². The zero-order valence-electron chi connectivity index (χ0n) is 10.8. The zero-order valence-corrected chi connectivity index (χ0v) is 11.6. The maximum atomic E-state index is 6.27. The number of benzene rings is 1. The van der Waals surface area contributed by atoms with Gasteiger partial charge in [-0.2, -0.15) is 5.10 Å². The van der Waals surface area contributed by atoms with Gasteiger partial charge in [-0.05, 0) is 55.8 Å². The average molecular weight is 276 g/mol. The number of hydrogen-bond donors (Lipinski definition) is 1. The van der Waals surface area contributed by atoms with Gasteiger partial charge in [-0.1, -0.05) is 23.7 Å². The molecule has 0 saturated heterocycles. The van der Waals surface area contributed by atoms with E-state index in [1.165, 1.54) is 24.1 Å². The molecule has 3 rings (SSSR count). The molecular weight excluding hydrogens is 258 g/mol. The van der Waals surface area contributed by atoms with E-state index in [2.05, 4.69) is 5.10 Å². The predicted octanol–water partition coefficient (Wildman–Crippen LogP) is 3.29. The van der Waals surface area contributed by atoms with Crippen molar-refractivity contribution in [2.75, 3.05) is 6.54 Å². The first-order chi connectivity index (χ1) is 9.31. The highest BCUT2D eigenvalue weighted by Crippen LogP contribution is 2.35. The van der Waals surface area contributed by atoms with Crippen LogP contribution < -0.4 is 5.73 Å². The molecule has 2 N–H and O–H groups in total. The molecule has 1 aromatic carbocycles. The lowest BCUT2D eigenvalue weighted by molar-refractivity contribution is 0.518. The highest BCUT2D eigenvalue weighted by Gasteiger charge is 2.24. The second-order valence-corrected chi connectivity index (χ2v) is 5.48. The topological polar surface area (TPSA) is 43.8 Å². The van der Waals surface area contributed by atoms with E-state index in [1.807, 2.05) is 35.1 Å². The van der Waals surface area contributed by atoms with Gasteiger partial charge in [0.2, 0.25) is 0 Å². The number of aromatic nitrogens is 2. The summed E-state index contributed by atoms with van der Waals surface area (Å²) in [5, 5.41) is 5.30. The van der Waals surface area contributed by atoms with Gasteiger partial charge in [0, 0.05) is 5.69 Å². The lowest BCUT2D eigenvalue weighted by Gasteiger charge is -2.22. The minimum Gasteiger partial charge on any atom is -0.330 e. The number of halogens is 1. The molecule has 1 atom stereocenters. The number of para-hydroxylation sites is 1. The molecular formula is C15H18ClN3. The Morgan fingerprint density at radius 3 is 3.00 bits per heavy atom. The molecule has 0 spiro atoms. The van der Waals surface area contributed by atoms with E-state index in [0.717, 1.165) is 30.1 Å². The van der Waals surface area contributed by atoms with Gasteiger partial charge in [0.1, 0.15) is 0 Å². The van der Waals surface area contributed by atoms with Gasteiger partial charge in [-0.25, -0.2) is 4.68 Å². The molecule has 0 radical (unpaired) electrons. The van der Waals surface area contributed by atoms with Crippen LogP contribution in [0.1, 0.15) is 36.4 Å². The summed E-state index contributed by atoms with van der Waals surface area (Å²) in [7, 11) is 0. The lowest BCUT2D eigenvalue weighted by Crippen LogP contribution is -2.15. The molecule has 1 heterocycles. The van der Waals surface area contributed by atoms with Gasteiger partial charge in [0.15, 0.2) is 0 Å². The van der Waals surface area contributed by atoms with Gasteiger partial charge >= 0.3 is 0 Å². The Labute approximate surface area is 118 Å². The van der Waals surface area contributed by atoms with Crippen molar-refractivity contribution < 1.29 is 0 Å². The monoisotopic (exact) mass is 275 g/mol. The maximum Gasteiger partial charge on any atom is 0.0835 e. The Balaban J connectivity index is 2.04. The van der Waals surface area contributed by atoms with Crippen LogP contribution in [0.25, 0.3) is 5.69 Å². The van der Waals surface area contributed by atoms with E-state index in [9.17, 15) is 0 Å². The standard InChI is InChI=1S/C15H18ClN3/c16-13-5-1-2-6-15(13)19-14-7-3-4-11(8-9-17)12(14)10-18-19/h1-2,5-6,10-11H,3-4,7-9,17H2. The Morgan fingerprint density at radius 1 is 1.37 bits per heavy atom. The largest absolute Gasteiger partial charge is 0.330 e. The quantitative estimate of drug-likeness (QED) is 0.934. The smallest absolute Gasteiger partial charge is 0.0835 e. The van der Waals surface area contributed by atoms with E-state index in [4.69, 9.17) is 17.3 Å². The summed E-state index contributed by atoms with van der Waals surface area (Å²) in [4.78, 5) is 0. The van der Waals surface area contributed by atoms with Crippen molar-refractivity contribution in [3.63, 3.8) is 0 Å². The minimum atomic E-state index is 0.560. The van der Waals surface area contributed by atoms with E-state index in [-0.39, 0.29) is 0 Å². The van der Waals surface area contributed by atoms with Gasteiger partial charge in [0.25, 0.3) is 0 Å². The SMILES string of the molecule is NCCC1CCCc2c1cnn2-c1ccccc1Cl. The summed E-state index contributed by atoms with van der Waals surface area (Å²) in [6.07, 6.45) is 6.53. The molecule has 1 aliphatic rings. The molecule has 0 fully saturated rings. The van der Waals surface area contributed by atoms with Crippen LogP contribution in [0, 0.1) is 0 Å². The first kappa shape index (κ1) is 12.7. The van der Waals surface area contributed by atoms with Crippen LogP contribution in [0.3, 0.4) is 0 Å². The molecule has 4 heteroatoms. The predicted molar refractivity (Wildman–Crippen MR) is 77.9 cm³/mol. The molecule has 0 amide bonds. The van der Waals surface area contributed by atoms with Crippen LogP contribution in [0.15, 0.2) is 30.5 Å². The van der Waals surface area contributed by atoms with E-state index in [0.29, 0.717) is 5.92 Å². The van der Waals surface area contributed by atoms with Crippen molar-refractivity contribution in [3.05, 3.63) is 46.7 Å². The second-order valence-electron chi connectivity index (χ2n) is 5.08.